The van der Waals surface area contributed by atoms with Crippen molar-refractivity contribution in [2.24, 2.45) is 40.2 Å². The van der Waals surface area contributed by atoms with Crippen molar-refractivity contribution >= 4 is 105 Å². The predicted molar refractivity (Wildman–Crippen MR) is 454 cm³/mol. The standard InChI is InChI=1S/C82H104ClN23O17/c1-53-98-99-74-62(93-73(54-11-13-55(83)14-12-54)61-47-60(117-8)19-20-63(61)106(53)74)48-72(111)90-56-15-17-59(18-16-56)123-44-43-122-42-41-121-40-39-120-38-37-119-36-35-118-34-24-69(108)85-26-10-32-100(2)31-9-25-84-68(107)21-27-89-80(114)76-96-66(51-104(76)6)94-70(109)22-28-88-79(113)65-46-58(50-103(65)5)92-82(116)77-97-67(52-105(77)7)95-71(110)23-29-87-78(112)64-45-57(49-102(64)4)91-81(115)75-86-30-33-101(75)3/h11-20,30,33,45-47,49-52,62H,9-10,21-29,31-32,34-44,48H2,1-8H3,(H,84,107)(H,85,108)(H,87,112)(H,88,113)(H,89,114)(H,90,111)(H,91,115)(H,92,116)(H,94,109)(H,95,110)/t62-/m0/s1. The number of carbonyl (C=O) groups is 10. The van der Waals surface area contributed by atoms with Crippen molar-refractivity contribution < 1.29 is 81.1 Å². The summed E-state index contributed by atoms with van der Waals surface area (Å²) in [6.45, 7) is 8.16. The number of nitrogens with one attached hydrogen (secondary N) is 10. The van der Waals surface area contributed by atoms with E-state index in [0.717, 1.165) is 29.8 Å². The second-order valence-electron chi connectivity index (χ2n) is 28.4. The molecule has 0 fully saturated rings. The van der Waals surface area contributed by atoms with Gasteiger partial charge in [-0.15, -0.1) is 10.2 Å². The molecule has 0 saturated heterocycles. The molecule has 1 aliphatic rings. The van der Waals surface area contributed by atoms with E-state index in [1.165, 1.54) is 55.2 Å². The van der Waals surface area contributed by atoms with Crippen LogP contribution in [0, 0.1) is 6.92 Å². The summed E-state index contributed by atoms with van der Waals surface area (Å²) < 4.78 is 48.7. The first kappa shape index (κ1) is 92.3. The van der Waals surface area contributed by atoms with Crippen molar-refractivity contribution in [3.05, 3.63) is 173 Å². The van der Waals surface area contributed by atoms with E-state index in [0.29, 0.717) is 137 Å². The smallest absolute Gasteiger partial charge is 0.291 e. The number of anilines is 5. The fourth-order valence-electron chi connectivity index (χ4n) is 12.7. The van der Waals surface area contributed by atoms with Gasteiger partial charge in [-0.3, -0.25) is 57.5 Å². The quantitative estimate of drug-likeness (QED) is 0.0231. The van der Waals surface area contributed by atoms with Crippen LogP contribution in [-0.2, 0) is 82.9 Å². The Morgan fingerprint density at radius 1 is 0.463 bits per heavy atom. The number of fused-ring (bicyclic) bond motifs is 3. The van der Waals surface area contributed by atoms with Gasteiger partial charge in [0.15, 0.2) is 23.3 Å². The number of carbonyl (C=O) groups excluding carboxylic acids is 10. The number of rotatable bonds is 50. The van der Waals surface area contributed by atoms with Crippen LogP contribution in [0.25, 0.3) is 5.69 Å². The third-order valence-electron chi connectivity index (χ3n) is 18.9. The van der Waals surface area contributed by atoms with Crippen LogP contribution >= 0.6 is 11.6 Å². The maximum Gasteiger partial charge on any atom is 0.291 e. The van der Waals surface area contributed by atoms with Crippen LogP contribution in [0.2, 0.25) is 5.02 Å². The van der Waals surface area contributed by atoms with Gasteiger partial charge in [0.25, 0.3) is 29.5 Å². The molecule has 0 bridgehead atoms. The Balaban J connectivity index is 0.477. The molecule has 6 aromatic heterocycles. The van der Waals surface area contributed by atoms with Gasteiger partial charge in [0.2, 0.25) is 41.2 Å². The number of methoxy groups -OCH3 is 1. The number of aliphatic imine (C=N–C) groups is 1. The summed E-state index contributed by atoms with van der Waals surface area (Å²) in [5.74, 6) is -1.46. The van der Waals surface area contributed by atoms with Gasteiger partial charge in [0, 0.05) is 153 Å². The summed E-state index contributed by atoms with van der Waals surface area (Å²) in [7, 11) is 11.6. The Bertz CT molecular complexity index is 5140. The molecule has 10 N–H and O–H groups in total. The Morgan fingerprint density at radius 3 is 1.50 bits per heavy atom. The Hall–Kier alpha value is -13.0. The zero-order chi connectivity index (χ0) is 87.7. The number of nitrogens with zero attached hydrogens (tertiary/aromatic N) is 13. The topological polar surface area (TPSA) is 465 Å². The van der Waals surface area contributed by atoms with E-state index in [9.17, 15) is 47.9 Å². The van der Waals surface area contributed by atoms with Gasteiger partial charge >= 0.3 is 0 Å². The van der Waals surface area contributed by atoms with Gasteiger partial charge in [-0.1, -0.05) is 23.7 Å². The molecule has 0 spiro atoms. The van der Waals surface area contributed by atoms with E-state index >= 15 is 0 Å². The van der Waals surface area contributed by atoms with Crippen LogP contribution in [0.1, 0.15) is 127 Å². The van der Waals surface area contributed by atoms with Crippen LogP contribution in [0.3, 0.4) is 0 Å². The number of aromatic nitrogens is 11. The lowest BCUT2D eigenvalue weighted by atomic mass is 10.00. The third kappa shape index (κ3) is 28.3. The molecule has 7 heterocycles. The number of benzene rings is 3. The maximum absolute atomic E-state index is 13.6. The molecule has 10 rings (SSSR count). The zero-order valence-corrected chi connectivity index (χ0v) is 70.6. The zero-order valence-electron chi connectivity index (χ0n) is 69.9. The van der Waals surface area contributed by atoms with Crippen LogP contribution in [-0.4, -0.2) is 255 Å². The number of halogens is 1. The van der Waals surface area contributed by atoms with Gasteiger partial charge < -0.3 is 114 Å². The molecule has 656 valence electrons. The molecule has 1 aliphatic heterocycles. The molecule has 0 radical (unpaired) electrons. The third-order valence-corrected chi connectivity index (χ3v) is 19.2. The number of hydrogen-bond donors (Lipinski definition) is 10. The van der Waals surface area contributed by atoms with E-state index in [1.807, 2.05) is 48.9 Å². The normalized spacial score (nSPS) is 12.1. The molecule has 0 unspecified atom stereocenters. The Kier molecular flexibility index (Phi) is 35.0. The van der Waals surface area contributed by atoms with E-state index in [-0.39, 0.29) is 122 Å². The molecule has 40 nitrogen and oxygen atoms in total. The summed E-state index contributed by atoms with van der Waals surface area (Å²) in [4.78, 5) is 149. The summed E-state index contributed by atoms with van der Waals surface area (Å²) >= 11 is 6.25. The molecular weight excluding hydrogens is 1610 g/mol. The largest absolute Gasteiger partial charge is 0.497 e. The lowest BCUT2D eigenvalue weighted by Gasteiger charge is -2.16. The van der Waals surface area contributed by atoms with Gasteiger partial charge in [0.05, 0.1) is 102 Å². The first-order valence-corrected chi connectivity index (χ1v) is 40.3. The van der Waals surface area contributed by atoms with E-state index < -0.39 is 47.4 Å². The minimum absolute atomic E-state index is 0.00219. The molecular formula is C82H104ClN23O17. The molecule has 41 heteroatoms. The number of aryl methyl sites for hydroxylation is 6. The predicted octanol–water partition coefficient (Wildman–Crippen LogP) is 4.67. The van der Waals surface area contributed by atoms with Gasteiger partial charge in [0.1, 0.15) is 41.4 Å². The average molecular weight is 1720 g/mol. The van der Waals surface area contributed by atoms with Gasteiger partial charge in [-0.25, -0.2) is 15.0 Å². The number of imidazole rings is 3. The highest BCUT2D eigenvalue weighted by atomic mass is 35.5. The summed E-state index contributed by atoms with van der Waals surface area (Å²) in [6.07, 6.45) is 10.5. The van der Waals surface area contributed by atoms with Crippen molar-refractivity contribution in [2.75, 3.05) is 159 Å². The summed E-state index contributed by atoms with van der Waals surface area (Å²) in [5.41, 5.74) is 4.76. The maximum atomic E-state index is 13.6. The Morgan fingerprint density at radius 2 is 0.959 bits per heavy atom. The minimum Gasteiger partial charge on any atom is -0.497 e. The second-order valence-corrected chi connectivity index (χ2v) is 28.9. The van der Waals surface area contributed by atoms with Crippen molar-refractivity contribution in [2.45, 2.75) is 57.9 Å². The number of ether oxygens (including phenoxy) is 7. The average Bonchev–Trinajstić information content (AvgIpc) is 1.61. The molecule has 123 heavy (non-hydrogen) atoms. The van der Waals surface area contributed by atoms with Crippen LogP contribution < -0.4 is 62.6 Å². The highest BCUT2D eigenvalue weighted by molar-refractivity contribution is 6.30. The van der Waals surface area contributed by atoms with Crippen LogP contribution in [0.5, 0.6) is 11.5 Å². The van der Waals surface area contributed by atoms with E-state index in [1.54, 1.807) is 95.7 Å². The highest BCUT2D eigenvalue weighted by Gasteiger charge is 2.31. The van der Waals surface area contributed by atoms with Crippen molar-refractivity contribution in [3.63, 3.8) is 0 Å². The summed E-state index contributed by atoms with van der Waals surface area (Å²) in [6, 6.07) is 22.5. The number of amides is 10. The van der Waals surface area contributed by atoms with E-state index in [4.69, 9.17) is 49.8 Å². The van der Waals surface area contributed by atoms with Crippen molar-refractivity contribution in [3.8, 4) is 17.2 Å². The molecule has 10 amide bonds. The van der Waals surface area contributed by atoms with Crippen molar-refractivity contribution in [1.29, 1.82) is 0 Å². The van der Waals surface area contributed by atoms with Crippen molar-refractivity contribution in [1.82, 2.24) is 84.0 Å². The Labute approximate surface area is 714 Å². The molecule has 3 aromatic carbocycles. The fraction of sp³-hybridized carbons (Fsp3) is 0.415. The SMILES string of the molecule is COc1ccc2c(c1)C(c1ccc(Cl)cc1)=N[C@@H](CC(=O)Nc1ccc(OCCOCCOCCOCCOCCOCCC(=O)NCCCN(C)CCCNC(=O)CCNC(=O)c3nc(NC(=O)CCNC(=O)c4cc(NC(=O)c5nc(NC(=O)CCNC(=O)c6cc(NC(=O)c7nccn7C)cn6C)cn5C)cn4C)cn3C)cc1)c1nnc(C)n1-2. The minimum atomic E-state index is -0.658. The summed E-state index contributed by atoms with van der Waals surface area (Å²) in [5, 5.41) is 36.8. The highest BCUT2D eigenvalue weighted by Crippen LogP contribution is 2.35. The fourth-order valence-corrected chi connectivity index (χ4v) is 12.8. The molecule has 1 atom stereocenters. The molecule has 0 saturated carbocycles. The van der Waals surface area contributed by atoms with Crippen LogP contribution in [0.4, 0.5) is 28.7 Å². The van der Waals surface area contributed by atoms with Crippen LogP contribution in [0.15, 0.2) is 121 Å². The van der Waals surface area contributed by atoms with E-state index in [2.05, 4.69) is 83.2 Å². The number of hydrogen-bond acceptors (Lipinski definition) is 24. The van der Waals surface area contributed by atoms with Gasteiger partial charge in [-0.2, -0.15) is 0 Å². The molecule has 0 aliphatic carbocycles. The van der Waals surface area contributed by atoms with Gasteiger partial charge in [-0.05, 0) is 107 Å². The monoisotopic (exact) mass is 1720 g/mol. The first-order valence-electron chi connectivity index (χ1n) is 39.9. The second kappa shape index (κ2) is 46.7. The molecule has 9 aromatic rings. The lowest BCUT2D eigenvalue weighted by molar-refractivity contribution is -0.122. The first-order chi connectivity index (χ1) is 59.4. The lowest BCUT2D eigenvalue weighted by Crippen LogP contribution is -2.33.